The molecule has 0 saturated heterocycles. The molecule has 0 unspecified atom stereocenters. The molecule has 0 aromatic carbocycles. The SMILES string of the molecule is CCc1c(NN)ncnc1NCCOCC(F)(F)F. The van der Waals surface area contributed by atoms with E-state index in [0.29, 0.717) is 18.1 Å². The largest absolute Gasteiger partial charge is 0.411 e. The van der Waals surface area contributed by atoms with E-state index in [9.17, 15) is 13.2 Å². The minimum atomic E-state index is -4.31. The van der Waals surface area contributed by atoms with E-state index in [4.69, 9.17) is 5.84 Å². The number of hydrazine groups is 1. The van der Waals surface area contributed by atoms with Crippen LogP contribution in [0.25, 0.3) is 0 Å². The Balaban J connectivity index is 2.45. The molecule has 0 atom stereocenters. The highest BCUT2D eigenvalue weighted by atomic mass is 19.4. The lowest BCUT2D eigenvalue weighted by atomic mass is 10.2. The van der Waals surface area contributed by atoms with E-state index in [0.717, 1.165) is 5.56 Å². The first-order valence-electron chi connectivity index (χ1n) is 5.66. The average molecular weight is 279 g/mol. The Labute approximate surface area is 108 Å². The van der Waals surface area contributed by atoms with Crippen molar-refractivity contribution in [2.75, 3.05) is 30.5 Å². The lowest BCUT2D eigenvalue weighted by molar-refractivity contribution is -0.172. The number of rotatable bonds is 7. The van der Waals surface area contributed by atoms with E-state index in [1.54, 1.807) is 0 Å². The molecule has 1 aromatic rings. The molecular weight excluding hydrogens is 263 g/mol. The van der Waals surface area contributed by atoms with Gasteiger partial charge in [-0.1, -0.05) is 6.92 Å². The summed E-state index contributed by atoms with van der Waals surface area (Å²) in [5.74, 6) is 6.31. The van der Waals surface area contributed by atoms with Gasteiger partial charge in [0.25, 0.3) is 0 Å². The van der Waals surface area contributed by atoms with Crippen LogP contribution >= 0.6 is 0 Å². The van der Waals surface area contributed by atoms with Gasteiger partial charge in [-0.25, -0.2) is 15.8 Å². The third-order valence-electron chi connectivity index (χ3n) is 2.24. The van der Waals surface area contributed by atoms with Crippen LogP contribution in [-0.4, -0.2) is 35.9 Å². The quantitative estimate of drug-likeness (QED) is 0.396. The summed E-state index contributed by atoms with van der Waals surface area (Å²) in [5, 5.41) is 2.89. The zero-order valence-corrected chi connectivity index (χ0v) is 10.4. The number of nitrogens with two attached hydrogens (primary N) is 1. The van der Waals surface area contributed by atoms with Crippen LogP contribution in [0.3, 0.4) is 0 Å². The molecule has 0 spiro atoms. The van der Waals surface area contributed by atoms with E-state index in [1.807, 2.05) is 6.92 Å². The second kappa shape index (κ2) is 7.10. The van der Waals surface area contributed by atoms with Crippen molar-refractivity contribution >= 4 is 11.6 Å². The number of halogens is 3. The van der Waals surface area contributed by atoms with E-state index < -0.39 is 12.8 Å². The number of nitrogens with zero attached hydrogens (tertiary/aromatic N) is 2. The first-order chi connectivity index (χ1) is 8.98. The summed E-state index contributed by atoms with van der Waals surface area (Å²) in [5.41, 5.74) is 3.20. The van der Waals surface area contributed by atoms with E-state index in [2.05, 4.69) is 25.4 Å². The maximum atomic E-state index is 11.8. The van der Waals surface area contributed by atoms with Gasteiger partial charge in [0.1, 0.15) is 24.6 Å². The molecule has 6 nitrogen and oxygen atoms in total. The van der Waals surface area contributed by atoms with Crippen LogP contribution in [0.1, 0.15) is 12.5 Å². The normalized spacial score (nSPS) is 11.4. The lowest BCUT2D eigenvalue weighted by Gasteiger charge is -2.13. The molecule has 1 heterocycles. The molecular formula is C10H16F3N5O. The van der Waals surface area contributed by atoms with Crippen molar-refractivity contribution in [3.8, 4) is 0 Å². The highest BCUT2D eigenvalue weighted by molar-refractivity contribution is 5.56. The third kappa shape index (κ3) is 5.26. The molecule has 4 N–H and O–H groups in total. The Hall–Kier alpha value is -1.61. The van der Waals surface area contributed by atoms with Gasteiger partial charge in [0.15, 0.2) is 0 Å². The minimum Gasteiger partial charge on any atom is -0.370 e. The van der Waals surface area contributed by atoms with Gasteiger partial charge < -0.3 is 15.5 Å². The maximum absolute atomic E-state index is 11.8. The second-order valence-corrected chi connectivity index (χ2v) is 3.64. The summed E-state index contributed by atoms with van der Waals surface area (Å²) in [6.45, 7) is 0.779. The molecule has 1 rings (SSSR count). The Morgan fingerprint density at radius 3 is 2.58 bits per heavy atom. The number of ether oxygens (including phenoxy) is 1. The topological polar surface area (TPSA) is 85.1 Å². The number of nitrogen functional groups attached to an aromatic ring is 1. The second-order valence-electron chi connectivity index (χ2n) is 3.64. The fourth-order valence-electron chi connectivity index (χ4n) is 1.45. The van der Waals surface area contributed by atoms with Crippen LogP contribution < -0.4 is 16.6 Å². The third-order valence-corrected chi connectivity index (χ3v) is 2.24. The number of hydrogen-bond acceptors (Lipinski definition) is 6. The van der Waals surface area contributed by atoms with Crippen LogP contribution in [0.15, 0.2) is 6.33 Å². The van der Waals surface area contributed by atoms with Crippen LogP contribution in [0.5, 0.6) is 0 Å². The predicted octanol–water partition coefficient (Wildman–Crippen LogP) is 1.32. The molecule has 0 aliphatic carbocycles. The molecule has 0 bridgehead atoms. The van der Waals surface area contributed by atoms with Gasteiger partial charge in [0.05, 0.1) is 6.61 Å². The van der Waals surface area contributed by atoms with Crippen LogP contribution in [-0.2, 0) is 11.2 Å². The van der Waals surface area contributed by atoms with Crippen molar-refractivity contribution in [3.05, 3.63) is 11.9 Å². The summed E-state index contributed by atoms with van der Waals surface area (Å²) in [6, 6.07) is 0. The fraction of sp³-hybridized carbons (Fsp3) is 0.600. The van der Waals surface area contributed by atoms with Gasteiger partial charge in [-0.15, -0.1) is 0 Å². The van der Waals surface area contributed by atoms with Gasteiger partial charge in [-0.2, -0.15) is 13.2 Å². The summed E-state index contributed by atoms with van der Waals surface area (Å²) in [4.78, 5) is 7.95. The van der Waals surface area contributed by atoms with E-state index >= 15 is 0 Å². The van der Waals surface area contributed by atoms with Crippen molar-refractivity contribution in [2.45, 2.75) is 19.5 Å². The molecule has 0 saturated carbocycles. The number of alkyl halides is 3. The van der Waals surface area contributed by atoms with Gasteiger partial charge in [0.2, 0.25) is 0 Å². The van der Waals surface area contributed by atoms with Crippen molar-refractivity contribution in [2.24, 2.45) is 5.84 Å². The van der Waals surface area contributed by atoms with Gasteiger partial charge >= 0.3 is 6.18 Å². The zero-order chi connectivity index (χ0) is 14.3. The van der Waals surface area contributed by atoms with Crippen LogP contribution in [0.2, 0.25) is 0 Å². The van der Waals surface area contributed by atoms with Crippen molar-refractivity contribution < 1.29 is 17.9 Å². The van der Waals surface area contributed by atoms with Crippen molar-refractivity contribution in [3.63, 3.8) is 0 Å². The fourth-order valence-corrected chi connectivity index (χ4v) is 1.45. The first-order valence-corrected chi connectivity index (χ1v) is 5.66. The number of aromatic nitrogens is 2. The average Bonchev–Trinajstić information content (AvgIpc) is 2.36. The maximum Gasteiger partial charge on any atom is 0.411 e. The Morgan fingerprint density at radius 2 is 2.00 bits per heavy atom. The molecule has 19 heavy (non-hydrogen) atoms. The van der Waals surface area contributed by atoms with Crippen molar-refractivity contribution in [1.82, 2.24) is 9.97 Å². The van der Waals surface area contributed by atoms with Gasteiger partial charge in [0, 0.05) is 12.1 Å². The van der Waals surface area contributed by atoms with Crippen LogP contribution in [0.4, 0.5) is 24.8 Å². The van der Waals surface area contributed by atoms with Gasteiger partial charge in [-0.3, -0.25) is 0 Å². The zero-order valence-electron chi connectivity index (χ0n) is 10.4. The highest BCUT2D eigenvalue weighted by Gasteiger charge is 2.27. The molecule has 0 amide bonds. The van der Waals surface area contributed by atoms with E-state index in [-0.39, 0.29) is 13.2 Å². The molecule has 0 aliphatic heterocycles. The molecule has 0 aliphatic rings. The number of hydrogen-bond donors (Lipinski definition) is 3. The minimum absolute atomic E-state index is 0.0714. The molecule has 1 aromatic heterocycles. The standard InChI is InChI=1S/C10H16F3N5O/c1-2-7-8(16-6-17-9(7)18-14)15-3-4-19-5-10(11,12)13/h6H,2-5,14H2,1H3,(H2,15,16,17,18). The van der Waals surface area contributed by atoms with Gasteiger partial charge in [-0.05, 0) is 6.42 Å². The summed E-state index contributed by atoms with van der Waals surface area (Å²) in [7, 11) is 0. The smallest absolute Gasteiger partial charge is 0.370 e. The Kier molecular flexibility index (Phi) is 5.77. The first kappa shape index (κ1) is 15.4. The van der Waals surface area contributed by atoms with Crippen molar-refractivity contribution in [1.29, 1.82) is 0 Å². The predicted molar refractivity (Wildman–Crippen MR) is 64.6 cm³/mol. The molecule has 0 fully saturated rings. The van der Waals surface area contributed by atoms with E-state index in [1.165, 1.54) is 6.33 Å². The molecule has 9 heteroatoms. The Morgan fingerprint density at radius 1 is 1.32 bits per heavy atom. The lowest BCUT2D eigenvalue weighted by Crippen LogP contribution is -2.21. The number of nitrogens with one attached hydrogen (secondary N) is 2. The summed E-state index contributed by atoms with van der Waals surface area (Å²) in [6.07, 6.45) is -2.36. The summed E-state index contributed by atoms with van der Waals surface area (Å²) < 4.78 is 40.0. The number of anilines is 2. The Bertz CT molecular complexity index is 399. The highest BCUT2D eigenvalue weighted by Crippen LogP contribution is 2.19. The summed E-state index contributed by atoms with van der Waals surface area (Å²) >= 11 is 0. The molecule has 0 radical (unpaired) electrons. The molecule has 108 valence electrons. The van der Waals surface area contributed by atoms with Crippen LogP contribution in [0, 0.1) is 0 Å². The monoisotopic (exact) mass is 279 g/mol.